The van der Waals surface area contributed by atoms with Gasteiger partial charge in [0.2, 0.25) is 5.91 Å². The van der Waals surface area contributed by atoms with Crippen molar-refractivity contribution >= 4 is 24.1 Å². The molecule has 2 atom stereocenters. The normalized spacial score (nSPS) is 23.8. The van der Waals surface area contributed by atoms with Crippen LogP contribution in [0, 0.1) is 18.8 Å². The molecule has 0 radical (unpaired) electrons. The van der Waals surface area contributed by atoms with Crippen LogP contribution >= 0.6 is 12.4 Å². The summed E-state index contributed by atoms with van der Waals surface area (Å²) in [6, 6.07) is 0.148. The largest absolute Gasteiger partial charge is 0.379 e. The van der Waals surface area contributed by atoms with Crippen molar-refractivity contribution in [2.24, 2.45) is 11.8 Å². The summed E-state index contributed by atoms with van der Waals surface area (Å²) in [4.78, 5) is 25.8. The number of hydrogen-bond donors (Lipinski definition) is 1. The fourth-order valence-electron chi connectivity index (χ4n) is 3.76. The number of amides is 1. The van der Waals surface area contributed by atoms with Gasteiger partial charge in [-0.2, -0.15) is 0 Å². The van der Waals surface area contributed by atoms with Gasteiger partial charge in [0.05, 0.1) is 31.5 Å². The molecule has 0 aromatic carbocycles. The molecule has 26 heavy (non-hydrogen) atoms. The van der Waals surface area contributed by atoms with Crippen molar-refractivity contribution in [2.75, 3.05) is 50.8 Å². The molecule has 0 aliphatic carbocycles. The Morgan fingerprint density at radius 2 is 1.96 bits per heavy atom. The van der Waals surface area contributed by atoms with Crippen LogP contribution in [0.5, 0.6) is 0 Å². The molecule has 2 saturated heterocycles. The van der Waals surface area contributed by atoms with Gasteiger partial charge in [-0.3, -0.25) is 14.7 Å². The molecule has 1 aromatic heterocycles. The molecular formula is C18H30ClN5O2. The maximum absolute atomic E-state index is 12.5. The molecule has 7 nitrogen and oxygen atoms in total. The van der Waals surface area contributed by atoms with E-state index in [1.165, 1.54) is 0 Å². The topological polar surface area (TPSA) is 70.6 Å². The molecule has 2 aliphatic rings. The molecule has 0 spiro atoms. The molecule has 0 saturated carbocycles. The van der Waals surface area contributed by atoms with Crippen LogP contribution in [0.1, 0.15) is 19.5 Å². The molecule has 1 aromatic rings. The number of ether oxygens (including phenoxy) is 1. The van der Waals surface area contributed by atoms with E-state index in [1.807, 2.05) is 6.92 Å². The van der Waals surface area contributed by atoms with Crippen LogP contribution < -0.4 is 10.2 Å². The second-order valence-electron chi connectivity index (χ2n) is 7.34. The van der Waals surface area contributed by atoms with Crippen molar-refractivity contribution in [3.63, 3.8) is 0 Å². The monoisotopic (exact) mass is 383 g/mol. The number of rotatable bonds is 5. The number of halogens is 1. The summed E-state index contributed by atoms with van der Waals surface area (Å²) < 4.78 is 5.34. The van der Waals surface area contributed by atoms with Gasteiger partial charge in [0.25, 0.3) is 0 Å². The number of morpholine rings is 1. The van der Waals surface area contributed by atoms with E-state index >= 15 is 0 Å². The van der Waals surface area contributed by atoms with Gasteiger partial charge >= 0.3 is 0 Å². The molecule has 1 N–H and O–H groups in total. The molecule has 2 aliphatic heterocycles. The lowest BCUT2D eigenvalue weighted by molar-refractivity contribution is -0.124. The van der Waals surface area contributed by atoms with E-state index in [9.17, 15) is 4.79 Å². The van der Waals surface area contributed by atoms with Crippen molar-refractivity contribution < 1.29 is 9.53 Å². The number of anilines is 1. The highest BCUT2D eigenvalue weighted by molar-refractivity contribution is 5.85. The van der Waals surface area contributed by atoms with E-state index in [0.29, 0.717) is 31.6 Å². The molecule has 0 unspecified atom stereocenters. The van der Waals surface area contributed by atoms with Crippen LogP contribution in [0.25, 0.3) is 0 Å². The highest BCUT2D eigenvalue weighted by Gasteiger charge is 2.36. The molecule has 3 rings (SSSR count). The minimum Gasteiger partial charge on any atom is -0.379 e. The Labute approximate surface area is 161 Å². The summed E-state index contributed by atoms with van der Waals surface area (Å²) in [6.07, 6.45) is 3.45. The van der Waals surface area contributed by atoms with E-state index in [2.05, 4.69) is 38.9 Å². The van der Waals surface area contributed by atoms with Crippen LogP contribution in [0.15, 0.2) is 12.4 Å². The van der Waals surface area contributed by atoms with Gasteiger partial charge in [-0.15, -0.1) is 12.4 Å². The minimum atomic E-state index is 0. The molecule has 0 bridgehead atoms. The number of aryl methyl sites for hydroxylation is 1. The number of aromatic nitrogens is 2. The molecule has 146 valence electrons. The fraction of sp³-hybridized carbons (Fsp3) is 0.722. The molecule has 8 heteroatoms. The second-order valence-corrected chi connectivity index (χ2v) is 7.34. The number of hydrogen-bond acceptors (Lipinski definition) is 6. The third kappa shape index (κ3) is 5.05. The van der Waals surface area contributed by atoms with Crippen molar-refractivity contribution in [2.45, 2.75) is 26.8 Å². The molecule has 1 amide bonds. The highest BCUT2D eigenvalue weighted by atomic mass is 35.5. The third-order valence-corrected chi connectivity index (χ3v) is 5.19. The first-order chi connectivity index (χ1) is 12.0. The first kappa shape index (κ1) is 20.9. The van der Waals surface area contributed by atoms with Crippen LogP contribution in [-0.2, 0) is 9.53 Å². The highest BCUT2D eigenvalue weighted by Crippen LogP contribution is 2.28. The van der Waals surface area contributed by atoms with Crippen LogP contribution in [-0.4, -0.2) is 72.8 Å². The number of nitrogens with one attached hydrogen (secondary N) is 1. The zero-order valence-electron chi connectivity index (χ0n) is 15.9. The van der Waals surface area contributed by atoms with Crippen LogP contribution in [0.2, 0.25) is 0 Å². The molecule has 2 fully saturated rings. The standard InChI is InChI=1S/C18H29N5O2.ClH/c1-13(2)15-10-23(18-14(3)19-4-5-20-18)11-16(15)21-17(24)12-22-6-8-25-9-7-22;/h4-5,13,15-16H,6-12H2,1-3H3,(H,21,24);1H/t15-,16+;/m1./s1. The van der Waals surface area contributed by atoms with Gasteiger partial charge in [-0.1, -0.05) is 13.8 Å². The first-order valence-corrected chi connectivity index (χ1v) is 9.16. The van der Waals surface area contributed by atoms with Gasteiger partial charge in [0.1, 0.15) is 5.82 Å². The summed E-state index contributed by atoms with van der Waals surface area (Å²) >= 11 is 0. The summed E-state index contributed by atoms with van der Waals surface area (Å²) in [5.41, 5.74) is 0.935. The predicted octanol–water partition coefficient (Wildman–Crippen LogP) is 1.12. The maximum atomic E-state index is 12.5. The fourth-order valence-corrected chi connectivity index (χ4v) is 3.76. The quantitative estimate of drug-likeness (QED) is 0.821. The SMILES string of the molecule is Cc1nccnc1N1C[C@H](NC(=O)CN2CCOCC2)[C@@H](C(C)C)C1.Cl. The third-order valence-electron chi connectivity index (χ3n) is 5.19. The van der Waals surface area contributed by atoms with Gasteiger partial charge in [0.15, 0.2) is 0 Å². The average molecular weight is 384 g/mol. The number of nitrogens with zero attached hydrogens (tertiary/aromatic N) is 4. The van der Waals surface area contributed by atoms with E-state index in [4.69, 9.17) is 4.74 Å². The lowest BCUT2D eigenvalue weighted by Crippen LogP contribution is -2.48. The van der Waals surface area contributed by atoms with Gasteiger partial charge < -0.3 is 15.0 Å². The Morgan fingerprint density at radius 1 is 1.27 bits per heavy atom. The number of carbonyl (C=O) groups excluding carboxylic acids is 1. The molecule has 3 heterocycles. The predicted molar refractivity (Wildman–Crippen MR) is 104 cm³/mol. The maximum Gasteiger partial charge on any atom is 0.234 e. The van der Waals surface area contributed by atoms with E-state index in [1.54, 1.807) is 12.4 Å². The zero-order chi connectivity index (χ0) is 17.8. The van der Waals surface area contributed by atoms with E-state index in [-0.39, 0.29) is 24.4 Å². The summed E-state index contributed by atoms with van der Waals surface area (Å²) in [5.74, 6) is 1.94. The van der Waals surface area contributed by atoms with Crippen LogP contribution in [0.4, 0.5) is 5.82 Å². The molecular weight excluding hydrogens is 354 g/mol. The van der Waals surface area contributed by atoms with E-state index in [0.717, 1.165) is 37.7 Å². The van der Waals surface area contributed by atoms with Crippen molar-refractivity contribution in [1.82, 2.24) is 20.2 Å². The van der Waals surface area contributed by atoms with E-state index < -0.39 is 0 Å². The van der Waals surface area contributed by atoms with Gasteiger partial charge in [-0.25, -0.2) is 4.98 Å². The van der Waals surface area contributed by atoms with Crippen molar-refractivity contribution in [1.29, 1.82) is 0 Å². The van der Waals surface area contributed by atoms with Gasteiger partial charge in [0, 0.05) is 44.5 Å². The zero-order valence-corrected chi connectivity index (χ0v) is 16.7. The Balaban J connectivity index is 0.00000243. The first-order valence-electron chi connectivity index (χ1n) is 9.16. The summed E-state index contributed by atoms with van der Waals surface area (Å²) in [5, 5.41) is 3.27. The number of carbonyl (C=O) groups is 1. The second kappa shape index (κ2) is 9.48. The Kier molecular flexibility index (Phi) is 7.61. The van der Waals surface area contributed by atoms with Gasteiger partial charge in [-0.05, 0) is 12.8 Å². The van der Waals surface area contributed by atoms with Crippen molar-refractivity contribution in [3.8, 4) is 0 Å². The Morgan fingerprint density at radius 3 is 2.62 bits per heavy atom. The average Bonchev–Trinajstić information content (AvgIpc) is 3.00. The summed E-state index contributed by atoms with van der Waals surface area (Å²) in [7, 11) is 0. The smallest absolute Gasteiger partial charge is 0.234 e. The Bertz CT molecular complexity index is 595. The lowest BCUT2D eigenvalue weighted by Gasteiger charge is -2.28. The van der Waals surface area contributed by atoms with Crippen molar-refractivity contribution in [3.05, 3.63) is 18.1 Å². The Hall–Kier alpha value is -1.44. The lowest BCUT2D eigenvalue weighted by atomic mass is 9.91. The van der Waals surface area contributed by atoms with Crippen LogP contribution in [0.3, 0.4) is 0 Å². The minimum absolute atomic E-state index is 0. The summed E-state index contributed by atoms with van der Waals surface area (Å²) in [6.45, 7) is 11.7.